The summed E-state index contributed by atoms with van der Waals surface area (Å²) < 4.78 is 1.97. The molecular weight excluding hydrogens is 246 g/mol. The molecule has 0 radical (unpaired) electrons. The van der Waals surface area contributed by atoms with E-state index in [-0.39, 0.29) is 5.41 Å². The number of rotatable bonds is 2. The average Bonchev–Trinajstić information content (AvgIpc) is 3.09. The molecule has 0 amide bonds. The summed E-state index contributed by atoms with van der Waals surface area (Å²) >= 11 is 0. The highest BCUT2D eigenvalue weighted by Crippen LogP contribution is 2.24. The molecule has 0 bridgehead atoms. The Labute approximate surface area is 121 Å². The molecule has 0 aliphatic carbocycles. The molecule has 0 unspecified atom stereocenters. The van der Waals surface area contributed by atoms with E-state index in [9.17, 15) is 0 Å². The smallest absolute Gasteiger partial charge is 0.0757 e. The van der Waals surface area contributed by atoms with Crippen molar-refractivity contribution < 1.29 is 0 Å². The molecule has 1 aliphatic heterocycles. The van der Waals surface area contributed by atoms with Gasteiger partial charge in [-0.1, -0.05) is 32.9 Å². The maximum absolute atomic E-state index is 4.50. The van der Waals surface area contributed by atoms with Gasteiger partial charge in [0, 0.05) is 13.1 Å². The van der Waals surface area contributed by atoms with Gasteiger partial charge < -0.3 is 4.90 Å². The zero-order valence-electron chi connectivity index (χ0n) is 12.6. The summed E-state index contributed by atoms with van der Waals surface area (Å²) in [5, 5.41) is 4.50. The molecule has 2 aromatic rings. The van der Waals surface area contributed by atoms with Crippen LogP contribution in [0.2, 0.25) is 0 Å². The number of nitrogens with zero attached hydrogens (tertiary/aromatic N) is 3. The Morgan fingerprint density at radius 3 is 2.20 bits per heavy atom. The molecule has 106 valence electrons. The van der Waals surface area contributed by atoms with E-state index in [1.54, 1.807) is 0 Å². The van der Waals surface area contributed by atoms with E-state index >= 15 is 0 Å². The van der Waals surface area contributed by atoms with Crippen molar-refractivity contribution in [3.8, 4) is 5.69 Å². The van der Waals surface area contributed by atoms with Crippen LogP contribution in [0.4, 0.5) is 5.69 Å². The SMILES string of the molecule is CC(C)(C)c1ccc(-n2cc(N3CCCC3)cn2)cc1. The third-order valence-electron chi connectivity index (χ3n) is 4.04. The second kappa shape index (κ2) is 4.97. The first kappa shape index (κ1) is 13.2. The fourth-order valence-electron chi connectivity index (χ4n) is 2.71. The second-order valence-electron chi connectivity index (χ2n) is 6.63. The lowest BCUT2D eigenvalue weighted by Gasteiger charge is -2.19. The first-order chi connectivity index (χ1) is 9.54. The quantitative estimate of drug-likeness (QED) is 0.827. The van der Waals surface area contributed by atoms with Crippen LogP contribution in [0.25, 0.3) is 5.69 Å². The van der Waals surface area contributed by atoms with Gasteiger partial charge in [-0.2, -0.15) is 5.10 Å². The summed E-state index contributed by atoms with van der Waals surface area (Å²) in [6.07, 6.45) is 6.71. The second-order valence-corrected chi connectivity index (χ2v) is 6.63. The third-order valence-corrected chi connectivity index (χ3v) is 4.04. The van der Waals surface area contributed by atoms with Crippen molar-refractivity contribution in [1.82, 2.24) is 9.78 Å². The molecule has 2 heterocycles. The van der Waals surface area contributed by atoms with Crippen molar-refractivity contribution in [2.45, 2.75) is 39.0 Å². The normalized spacial score (nSPS) is 15.8. The lowest BCUT2D eigenvalue weighted by Crippen LogP contribution is -2.16. The van der Waals surface area contributed by atoms with Crippen LogP contribution < -0.4 is 4.90 Å². The fraction of sp³-hybridized carbons (Fsp3) is 0.471. The van der Waals surface area contributed by atoms with E-state index in [0.717, 1.165) is 18.8 Å². The highest BCUT2D eigenvalue weighted by molar-refractivity contribution is 5.46. The van der Waals surface area contributed by atoms with E-state index < -0.39 is 0 Å². The summed E-state index contributed by atoms with van der Waals surface area (Å²) in [5.41, 5.74) is 3.92. The predicted molar refractivity (Wildman–Crippen MR) is 83.7 cm³/mol. The van der Waals surface area contributed by atoms with E-state index in [4.69, 9.17) is 0 Å². The topological polar surface area (TPSA) is 21.1 Å². The van der Waals surface area contributed by atoms with Gasteiger partial charge in [-0.3, -0.25) is 0 Å². The van der Waals surface area contributed by atoms with Crippen LogP contribution in [0.1, 0.15) is 39.2 Å². The standard InChI is InChI=1S/C17H23N3/c1-17(2,3)14-6-8-15(9-7-14)20-13-16(12-18-20)19-10-4-5-11-19/h6-9,12-13H,4-5,10-11H2,1-3H3. The van der Waals surface area contributed by atoms with Gasteiger partial charge in [0.1, 0.15) is 0 Å². The number of hydrogen-bond acceptors (Lipinski definition) is 2. The highest BCUT2D eigenvalue weighted by atomic mass is 15.3. The van der Waals surface area contributed by atoms with Gasteiger partial charge in [-0.05, 0) is 36.0 Å². The summed E-state index contributed by atoms with van der Waals surface area (Å²) in [7, 11) is 0. The van der Waals surface area contributed by atoms with Crippen molar-refractivity contribution in [2.24, 2.45) is 0 Å². The molecule has 3 rings (SSSR count). The Hall–Kier alpha value is -1.77. The Morgan fingerprint density at radius 1 is 0.950 bits per heavy atom. The average molecular weight is 269 g/mol. The Morgan fingerprint density at radius 2 is 1.60 bits per heavy atom. The molecule has 1 saturated heterocycles. The van der Waals surface area contributed by atoms with Gasteiger partial charge >= 0.3 is 0 Å². The Kier molecular flexibility index (Phi) is 3.28. The minimum absolute atomic E-state index is 0.198. The van der Waals surface area contributed by atoms with Crippen LogP contribution in [0, 0.1) is 0 Å². The van der Waals surface area contributed by atoms with Crippen LogP contribution in [-0.4, -0.2) is 22.9 Å². The lowest BCUT2D eigenvalue weighted by atomic mass is 9.87. The molecule has 1 aromatic heterocycles. The van der Waals surface area contributed by atoms with Crippen LogP contribution in [0.15, 0.2) is 36.7 Å². The minimum atomic E-state index is 0.198. The first-order valence-electron chi connectivity index (χ1n) is 7.44. The Bertz CT molecular complexity index is 569. The monoisotopic (exact) mass is 269 g/mol. The fourth-order valence-corrected chi connectivity index (χ4v) is 2.71. The molecule has 3 nitrogen and oxygen atoms in total. The predicted octanol–water partition coefficient (Wildman–Crippen LogP) is 3.77. The number of benzene rings is 1. The van der Waals surface area contributed by atoms with E-state index in [1.807, 2.05) is 10.9 Å². The first-order valence-corrected chi connectivity index (χ1v) is 7.44. The molecule has 0 N–H and O–H groups in total. The van der Waals surface area contributed by atoms with Gasteiger partial charge in [0.2, 0.25) is 0 Å². The minimum Gasteiger partial charge on any atom is -0.369 e. The molecule has 1 fully saturated rings. The van der Waals surface area contributed by atoms with Crippen molar-refractivity contribution in [1.29, 1.82) is 0 Å². The molecule has 0 saturated carbocycles. The zero-order valence-corrected chi connectivity index (χ0v) is 12.6. The van der Waals surface area contributed by atoms with E-state index in [0.29, 0.717) is 0 Å². The number of anilines is 1. The Balaban J connectivity index is 1.82. The highest BCUT2D eigenvalue weighted by Gasteiger charge is 2.15. The molecule has 3 heteroatoms. The van der Waals surface area contributed by atoms with Crippen molar-refractivity contribution in [3.63, 3.8) is 0 Å². The number of aromatic nitrogens is 2. The summed E-state index contributed by atoms with van der Waals surface area (Å²) in [6, 6.07) is 8.71. The summed E-state index contributed by atoms with van der Waals surface area (Å²) in [6.45, 7) is 9.04. The molecule has 1 aromatic carbocycles. The molecule has 0 spiro atoms. The van der Waals surface area contributed by atoms with Crippen LogP contribution in [0.3, 0.4) is 0 Å². The molecule has 1 aliphatic rings. The van der Waals surface area contributed by atoms with Gasteiger partial charge in [-0.25, -0.2) is 4.68 Å². The molecule has 0 atom stereocenters. The van der Waals surface area contributed by atoms with Gasteiger partial charge in [0.25, 0.3) is 0 Å². The van der Waals surface area contributed by atoms with Crippen molar-refractivity contribution >= 4 is 5.69 Å². The molecule has 20 heavy (non-hydrogen) atoms. The van der Waals surface area contributed by atoms with Crippen LogP contribution in [-0.2, 0) is 5.41 Å². The van der Waals surface area contributed by atoms with E-state index in [1.165, 1.54) is 24.1 Å². The third kappa shape index (κ3) is 2.58. The van der Waals surface area contributed by atoms with Crippen molar-refractivity contribution in [3.05, 3.63) is 42.2 Å². The van der Waals surface area contributed by atoms with Crippen LogP contribution in [0.5, 0.6) is 0 Å². The number of hydrogen-bond donors (Lipinski definition) is 0. The summed E-state index contributed by atoms with van der Waals surface area (Å²) in [5.74, 6) is 0. The van der Waals surface area contributed by atoms with Gasteiger partial charge in [-0.15, -0.1) is 0 Å². The van der Waals surface area contributed by atoms with Gasteiger partial charge in [0.05, 0.1) is 23.8 Å². The zero-order chi connectivity index (χ0) is 14.2. The summed E-state index contributed by atoms with van der Waals surface area (Å²) in [4.78, 5) is 2.41. The largest absolute Gasteiger partial charge is 0.369 e. The molecular formula is C17H23N3. The maximum atomic E-state index is 4.50. The maximum Gasteiger partial charge on any atom is 0.0757 e. The van der Waals surface area contributed by atoms with Crippen LogP contribution >= 0.6 is 0 Å². The lowest BCUT2D eigenvalue weighted by molar-refractivity contribution is 0.590. The van der Waals surface area contributed by atoms with E-state index in [2.05, 4.69) is 61.2 Å². The van der Waals surface area contributed by atoms with Gasteiger partial charge in [0.15, 0.2) is 0 Å². The van der Waals surface area contributed by atoms with Crippen molar-refractivity contribution in [2.75, 3.05) is 18.0 Å².